The Hall–Kier alpha value is -2.73. The number of aromatic nitrogens is 3. The van der Waals surface area contributed by atoms with Crippen LogP contribution in [-0.2, 0) is 4.79 Å². The Morgan fingerprint density at radius 3 is 2.62 bits per heavy atom. The topological polar surface area (TPSA) is 63.1 Å². The summed E-state index contributed by atoms with van der Waals surface area (Å²) in [7, 11) is 0. The molecule has 1 saturated carbocycles. The van der Waals surface area contributed by atoms with Gasteiger partial charge in [0, 0.05) is 32.1 Å². The average molecular weight is 390 g/mol. The molecule has 2 fully saturated rings. The molecule has 1 aromatic heterocycles. The molecule has 6 nitrogen and oxygen atoms in total. The molecule has 2 atom stereocenters. The van der Waals surface area contributed by atoms with Gasteiger partial charge in [0.25, 0.3) is 0 Å². The Morgan fingerprint density at radius 2 is 1.79 bits per heavy atom. The Labute approximate surface area is 170 Å². The number of likely N-dealkylation sites (tertiary alicyclic amines) is 1. The number of fused-ring (bicyclic) bond motifs is 1. The van der Waals surface area contributed by atoms with Gasteiger partial charge < -0.3 is 10.2 Å². The van der Waals surface area contributed by atoms with Crippen LogP contribution in [0, 0.1) is 5.92 Å². The molecule has 2 aliphatic rings. The summed E-state index contributed by atoms with van der Waals surface area (Å²) in [5.74, 6) is 0.774. The molecule has 3 aromatic rings. The van der Waals surface area contributed by atoms with Crippen molar-refractivity contribution in [2.45, 2.75) is 31.2 Å². The minimum atomic E-state index is 0.156. The monoisotopic (exact) mass is 389 g/mol. The number of amides is 1. The Bertz CT molecular complexity index is 977. The molecule has 0 spiro atoms. The molecule has 2 heterocycles. The standard InChI is InChI=1S/C23H27N5O/c29-23(20-16-19(20)17-6-2-1-3-7-17)24-12-15-27-13-10-18(11-14-27)28-22-9-5-4-8-21(22)25-26-28/h1-9,18-20H,10-16H2,(H,24,29). The van der Waals surface area contributed by atoms with Crippen LogP contribution in [0.2, 0.25) is 0 Å². The lowest BCUT2D eigenvalue weighted by molar-refractivity contribution is -0.122. The average Bonchev–Trinajstić information content (AvgIpc) is 3.47. The SMILES string of the molecule is O=C(NCCN1CCC(n2nnc3ccccc32)CC1)C1CC1c1ccccc1. The maximum atomic E-state index is 12.4. The van der Waals surface area contributed by atoms with Crippen molar-refractivity contribution in [1.82, 2.24) is 25.2 Å². The van der Waals surface area contributed by atoms with Crippen LogP contribution < -0.4 is 5.32 Å². The van der Waals surface area contributed by atoms with Crippen molar-refractivity contribution >= 4 is 16.9 Å². The van der Waals surface area contributed by atoms with Gasteiger partial charge in [-0.15, -0.1) is 5.10 Å². The largest absolute Gasteiger partial charge is 0.355 e. The van der Waals surface area contributed by atoms with E-state index in [1.54, 1.807) is 0 Å². The minimum Gasteiger partial charge on any atom is -0.355 e. The first-order valence-electron chi connectivity index (χ1n) is 10.6. The van der Waals surface area contributed by atoms with Gasteiger partial charge in [-0.2, -0.15) is 0 Å². The quantitative estimate of drug-likeness (QED) is 0.704. The van der Waals surface area contributed by atoms with Gasteiger partial charge >= 0.3 is 0 Å². The fourth-order valence-electron chi connectivity index (χ4n) is 4.57. The highest BCUT2D eigenvalue weighted by Gasteiger charge is 2.43. The number of rotatable bonds is 6. The van der Waals surface area contributed by atoms with E-state index in [0.29, 0.717) is 12.0 Å². The van der Waals surface area contributed by atoms with Crippen molar-refractivity contribution in [3.8, 4) is 0 Å². The van der Waals surface area contributed by atoms with Crippen molar-refractivity contribution in [3.63, 3.8) is 0 Å². The zero-order valence-corrected chi connectivity index (χ0v) is 16.6. The number of carbonyl (C=O) groups excluding carboxylic acids is 1. The molecular weight excluding hydrogens is 362 g/mol. The first-order chi connectivity index (χ1) is 14.3. The molecule has 6 heteroatoms. The molecule has 2 aromatic carbocycles. The molecule has 0 radical (unpaired) electrons. The second-order valence-corrected chi connectivity index (χ2v) is 8.25. The van der Waals surface area contributed by atoms with Gasteiger partial charge in [0.05, 0.1) is 11.6 Å². The summed E-state index contributed by atoms with van der Waals surface area (Å²) in [4.78, 5) is 14.9. The van der Waals surface area contributed by atoms with Crippen LogP contribution in [0.15, 0.2) is 54.6 Å². The Morgan fingerprint density at radius 1 is 1.03 bits per heavy atom. The number of piperidine rings is 1. The van der Waals surface area contributed by atoms with Crippen LogP contribution in [0.3, 0.4) is 0 Å². The molecule has 5 rings (SSSR count). The zero-order chi connectivity index (χ0) is 19.6. The van der Waals surface area contributed by atoms with E-state index in [1.165, 1.54) is 5.56 Å². The van der Waals surface area contributed by atoms with Gasteiger partial charge in [0.1, 0.15) is 5.52 Å². The smallest absolute Gasteiger partial charge is 0.223 e. The summed E-state index contributed by atoms with van der Waals surface area (Å²) in [5, 5.41) is 11.8. The molecule has 1 aliphatic heterocycles. The van der Waals surface area contributed by atoms with Gasteiger partial charge in [0.2, 0.25) is 5.91 Å². The molecule has 2 unspecified atom stereocenters. The number of carbonyl (C=O) groups is 1. The summed E-state index contributed by atoms with van der Waals surface area (Å²) in [6, 6.07) is 18.9. The molecule has 29 heavy (non-hydrogen) atoms. The van der Waals surface area contributed by atoms with E-state index >= 15 is 0 Å². The molecule has 1 amide bonds. The number of para-hydroxylation sites is 1. The predicted molar refractivity (Wildman–Crippen MR) is 113 cm³/mol. The van der Waals surface area contributed by atoms with Crippen LogP contribution >= 0.6 is 0 Å². The van der Waals surface area contributed by atoms with Crippen molar-refractivity contribution in [1.29, 1.82) is 0 Å². The van der Waals surface area contributed by atoms with E-state index in [1.807, 2.05) is 36.4 Å². The summed E-state index contributed by atoms with van der Waals surface area (Å²) in [6.07, 6.45) is 3.12. The normalized spacial score (nSPS) is 22.6. The number of nitrogens with one attached hydrogen (secondary N) is 1. The second-order valence-electron chi connectivity index (χ2n) is 8.25. The van der Waals surface area contributed by atoms with Gasteiger partial charge in [0.15, 0.2) is 0 Å². The van der Waals surface area contributed by atoms with Crippen molar-refractivity contribution in [3.05, 3.63) is 60.2 Å². The highest BCUT2D eigenvalue weighted by atomic mass is 16.2. The van der Waals surface area contributed by atoms with Crippen LogP contribution in [0.25, 0.3) is 11.0 Å². The lowest BCUT2D eigenvalue weighted by Gasteiger charge is -2.32. The van der Waals surface area contributed by atoms with Crippen LogP contribution in [0.1, 0.15) is 36.8 Å². The summed E-state index contributed by atoms with van der Waals surface area (Å²) >= 11 is 0. The van der Waals surface area contributed by atoms with Crippen molar-refractivity contribution < 1.29 is 4.79 Å². The third-order valence-corrected chi connectivity index (χ3v) is 6.36. The third kappa shape index (κ3) is 3.90. The number of hydrogen-bond acceptors (Lipinski definition) is 4. The Balaban J connectivity index is 1.06. The molecular formula is C23H27N5O. The van der Waals surface area contributed by atoms with E-state index in [4.69, 9.17) is 0 Å². The fraction of sp³-hybridized carbons (Fsp3) is 0.435. The van der Waals surface area contributed by atoms with E-state index in [2.05, 4.69) is 43.4 Å². The molecule has 1 N–H and O–H groups in total. The Kier molecular flexibility index (Phi) is 5.02. The maximum Gasteiger partial charge on any atom is 0.223 e. The fourth-order valence-corrected chi connectivity index (χ4v) is 4.57. The second kappa shape index (κ2) is 7.95. The lowest BCUT2D eigenvalue weighted by atomic mass is 10.0. The van der Waals surface area contributed by atoms with Crippen LogP contribution in [0.4, 0.5) is 0 Å². The van der Waals surface area contributed by atoms with Gasteiger partial charge in [-0.05, 0) is 42.9 Å². The molecule has 1 saturated heterocycles. The number of benzene rings is 2. The van der Waals surface area contributed by atoms with Gasteiger partial charge in [-0.1, -0.05) is 47.7 Å². The highest BCUT2D eigenvalue weighted by Crippen LogP contribution is 2.47. The van der Waals surface area contributed by atoms with E-state index in [-0.39, 0.29) is 11.8 Å². The van der Waals surface area contributed by atoms with Crippen LogP contribution in [0.5, 0.6) is 0 Å². The number of hydrogen-bond donors (Lipinski definition) is 1. The first kappa shape index (κ1) is 18.3. The summed E-state index contributed by atoms with van der Waals surface area (Å²) in [5.41, 5.74) is 3.37. The molecule has 150 valence electrons. The molecule has 1 aliphatic carbocycles. The van der Waals surface area contributed by atoms with Gasteiger partial charge in [-0.3, -0.25) is 4.79 Å². The van der Waals surface area contributed by atoms with Crippen LogP contribution in [-0.4, -0.2) is 52.0 Å². The van der Waals surface area contributed by atoms with E-state index in [0.717, 1.165) is 56.5 Å². The zero-order valence-electron chi connectivity index (χ0n) is 16.6. The first-order valence-corrected chi connectivity index (χ1v) is 10.6. The number of nitrogens with zero attached hydrogens (tertiary/aromatic N) is 4. The van der Waals surface area contributed by atoms with E-state index < -0.39 is 0 Å². The maximum absolute atomic E-state index is 12.4. The minimum absolute atomic E-state index is 0.156. The third-order valence-electron chi connectivity index (χ3n) is 6.36. The predicted octanol–water partition coefficient (Wildman–Crippen LogP) is 2.99. The summed E-state index contributed by atoms with van der Waals surface area (Å²) < 4.78 is 2.09. The molecule has 0 bridgehead atoms. The highest BCUT2D eigenvalue weighted by molar-refractivity contribution is 5.82. The van der Waals surface area contributed by atoms with E-state index in [9.17, 15) is 4.79 Å². The summed E-state index contributed by atoms with van der Waals surface area (Å²) in [6.45, 7) is 3.71. The van der Waals surface area contributed by atoms with Gasteiger partial charge in [-0.25, -0.2) is 4.68 Å². The van der Waals surface area contributed by atoms with Crippen molar-refractivity contribution in [2.24, 2.45) is 5.92 Å². The van der Waals surface area contributed by atoms with Crippen molar-refractivity contribution in [2.75, 3.05) is 26.2 Å². The lowest BCUT2D eigenvalue weighted by Crippen LogP contribution is -2.40.